The van der Waals surface area contributed by atoms with E-state index in [1.807, 2.05) is 20.8 Å². The van der Waals surface area contributed by atoms with Crippen molar-refractivity contribution in [3.05, 3.63) is 0 Å². The smallest absolute Gasteiger partial charge is 0.410 e. The highest BCUT2D eigenvalue weighted by atomic mass is 16.6. The van der Waals surface area contributed by atoms with Gasteiger partial charge in [-0.3, -0.25) is 0 Å². The van der Waals surface area contributed by atoms with E-state index >= 15 is 0 Å². The monoisotopic (exact) mass is 228 g/mol. The highest BCUT2D eigenvalue weighted by Gasteiger charge is 2.46. The van der Waals surface area contributed by atoms with E-state index in [0.717, 1.165) is 13.0 Å². The summed E-state index contributed by atoms with van der Waals surface area (Å²) in [5.74, 6) is 0. The van der Waals surface area contributed by atoms with Gasteiger partial charge in [-0.1, -0.05) is 0 Å². The average Bonchev–Trinajstić information content (AvgIpc) is 2.66. The molecule has 0 bridgehead atoms. The van der Waals surface area contributed by atoms with Gasteiger partial charge in [0.05, 0.1) is 24.7 Å². The summed E-state index contributed by atoms with van der Waals surface area (Å²) in [4.78, 5) is 13.6. The van der Waals surface area contributed by atoms with E-state index in [4.69, 9.17) is 4.74 Å². The summed E-state index contributed by atoms with van der Waals surface area (Å²) in [5, 5.41) is 13.0. The summed E-state index contributed by atoms with van der Waals surface area (Å²) in [5.41, 5.74) is -0.480. The number of ether oxygens (including phenoxy) is 1. The molecule has 0 aromatic heterocycles. The fraction of sp³-hybridized carbons (Fsp3) is 0.909. The van der Waals surface area contributed by atoms with Crippen LogP contribution in [0, 0.1) is 0 Å². The van der Waals surface area contributed by atoms with Crippen LogP contribution >= 0.6 is 0 Å². The molecule has 0 aromatic rings. The first-order valence-electron chi connectivity index (χ1n) is 5.79. The maximum absolute atomic E-state index is 11.9. The van der Waals surface area contributed by atoms with E-state index in [2.05, 4.69) is 5.32 Å². The van der Waals surface area contributed by atoms with Crippen LogP contribution in [0.2, 0.25) is 0 Å². The predicted molar refractivity (Wildman–Crippen MR) is 59.1 cm³/mol. The number of amides is 1. The molecule has 3 atom stereocenters. The van der Waals surface area contributed by atoms with Crippen LogP contribution in [0.3, 0.4) is 0 Å². The molecule has 5 heteroatoms. The lowest BCUT2D eigenvalue weighted by Crippen LogP contribution is -2.41. The molecular formula is C11H20N2O3. The standard InChI is InChI=1S/C11H20N2O3/c1-11(2,3)16-10(15)13-6-8(14)9-7(13)4-5-12-9/h7-9,12,14H,4-6H2,1-3H3. The maximum Gasteiger partial charge on any atom is 0.410 e. The maximum atomic E-state index is 11.9. The third-order valence-electron chi connectivity index (χ3n) is 3.06. The van der Waals surface area contributed by atoms with Gasteiger partial charge in [0.15, 0.2) is 0 Å². The lowest BCUT2D eigenvalue weighted by atomic mass is 10.1. The Hall–Kier alpha value is -0.810. The number of likely N-dealkylation sites (tertiary alicyclic amines) is 1. The number of nitrogens with one attached hydrogen (secondary N) is 1. The molecule has 0 aliphatic carbocycles. The zero-order valence-electron chi connectivity index (χ0n) is 10.1. The van der Waals surface area contributed by atoms with Crippen molar-refractivity contribution in [2.75, 3.05) is 13.1 Å². The van der Waals surface area contributed by atoms with Gasteiger partial charge in [-0.25, -0.2) is 4.79 Å². The minimum Gasteiger partial charge on any atom is -0.444 e. The Morgan fingerprint density at radius 3 is 2.81 bits per heavy atom. The molecule has 2 aliphatic rings. The highest BCUT2D eigenvalue weighted by molar-refractivity contribution is 5.69. The number of hydrogen-bond acceptors (Lipinski definition) is 4. The quantitative estimate of drug-likeness (QED) is 0.627. The summed E-state index contributed by atoms with van der Waals surface area (Å²) in [7, 11) is 0. The lowest BCUT2D eigenvalue weighted by Gasteiger charge is -2.27. The van der Waals surface area contributed by atoms with Crippen LogP contribution in [-0.4, -0.2) is 53.0 Å². The summed E-state index contributed by atoms with van der Waals surface area (Å²) in [6.07, 6.45) is 0.101. The summed E-state index contributed by atoms with van der Waals surface area (Å²) in [6, 6.07) is 0.109. The van der Waals surface area contributed by atoms with E-state index in [-0.39, 0.29) is 18.2 Å². The number of carbonyl (C=O) groups is 1. The SMILES string of the molecule is CC(C)(C)OC(=O)N1CC(O)C2NCCC21. The molecule has 5 nitrogen and oxygen atoms in total. The normalized spacial score (nSPS) is 34.0. The predicted octanol–water partition coefficient (Wildman–Crippen LogP) is 0.328. The average molecular weight is 228 g/mol. The van der Waals surface area contributed by atoms with Crippen LogP contribution < -0.4 is 5.32 Å². The Morgan fingerprint density at radius 2 is 2.19 bits per heavy atom. The van der Waals surface area contributed by atoms with Crippen molar-refractivity contribution < 1.29 is 14.6 Å². The molecule has 0 aromatic carbocycles. The first-order chi connectivity index (χ1) is 7.38. The second-order valence-electron chi connectivity index (χ2n) is 5.54. The Bertz CT molecular complexity index is 287. The summed E-state index contributed by atoms with van der Waals surface area (Å²) < 4.78 is 5.33. The molecule has 92 valence electrons. The summed E-state index contributed by atoms with van der Waals surface area (Å²) >= 11 is 0. The van der Waals surface area contributed by atoms with E-state index in [9.17, 15) is 9.90 Å². The van der Waals surface area contributed by atoms with Gasteiger partial charge in [-0.05, 0) is 33.7 Å². The van der Waals surface area contributed by atoms with Gasteiger partial charge in [-0.15, -0.1) is 0 Å². The number of nitrogens with zero attached hydrogens (tertiary/aromatic N) is 1. The Kier molecular flexibility index (Phi) is 2.84. The van der Waals surface area contributed by atoms with Crippen molar-refractivity contribution in [3.8, 4) is 0 Å². The van der Waals surface area contributed by atoms with Gasteiger partial charge in [0.1, 0.15) is 5.60 Å². The largest absolute Gasteiger partial charge is 0.444 e. The Labute approximate surface area is 95.8 Å². The molecule has 1 amide bonds. The molecule has 2 saturated heterocycles. The topological polar surface area (TPSA) is 61.8 Å². The highest BCUT2D eigenvalue weighted by Crippen LogP contribution is 2.27. The molecule has 2 aliphatic heterocycles. The molecule has 2 fully saturated rings. The van der Waals surface area contributed by atoms with Crippen LogP contribution in [0.4, 0.5) is 4.79 Å². The molecule has 0 spiro atoms. The number of aliphatic hydroxyl groups is 1. The number of rotatable bonds is 0. The number of hydrogen-bond donors (Lipinski definition) is 2. The third kappa shape index (κ3) is 2.15. The first-order valence-corrected chi connectivity index (χ1v) is 5.79. The molecule has 0 saturated carbocycles. The number of β-amino-alcohol motifs (C(OH)–C–C–N with tert-alkyl or cyclic N) is 1. The minimum absolute atomic E-state index is 0.0209. The van der Waals surface area contributed by atoms with Crippen LogP contribution in [0.1, 0.15) is 27.2 Å². The fourth-order valence-electron chi connectivity index (χ4n) is 2.44. The molecular weight excluding hydrogens is 208 g/mol. The van der Waals surface area contributed by atoms with Crippen LogP contribution in [0.25, 0.3) is 0 Å². The fourth-order valence-corrected chi connectivity index (χ4v) is 2.44. The van der Waals surface area contributed by atoms with Crippen LogP contribution in [0.15, 0.2) is 0 Å². The van der Waals surface area contributed by atoms with Crippen molar-refractivity contribution in [1.29, 1.82) is 0 Å². The molecule has 0 radical (unpaired) electrons. The second kappa shape index (κ2) is 3.89. The lowest BCUT2D eigenvalue weighted by molar-refractivity contribution is 0.0209. The second-order valence-corrected chi connectivity index (χ2v) is 5.54. The van der Waals surface area contributed by atoms with Gasteiger partial charge in [0.25, 0.3) is 0 Å². The number of aliphatic hydroxyl groups excluding tert-OH is 1. The molecule has 2 rings (SSSR count). The number of fused-ring (bicyclic) bond motifs is 1. The van der Waals surface area contributed by atoms with Crippen molar-refractivity contribution in [2.24, 2.45) is 0 Å². The van der Waals surface area contributed by atoms with E-state index < -0.39 is 11.7 Å². The van der Waals surface area contributed by atoms with E-state index in [1.54, 1.807) is 4.90 Å². The zero-order chi connectivity index (χ0) is 11.9. The molecule has 2 heterocycles. The molecule has 2 N–H and O–H groups in total. The van der Waals surface area contributed by atoms with Gasteiger partial charge in [0, 0.05) is 0 Å². The Balaban J connectivity index is 2.02. The van der Waals surface area contributed by atoms with Crippen molar-refractivity contribution in [3.63, 3.8) is 0 Å². The van der Waals surface area contributed by atoms with Crippen molar-refractivity contribution in [1.82, 2.24) is 10.2 Å². The zero-order valence-corrected chi connectivity index (χ0v) is 10.1. The molecule has 16 heavy (non-hydrogen) atoms. The Morgan fingerprint density at radius 1 is 1.50 bits per heavy atom. The minimum atomic E-state index is -0.480. The number of carbonyl (C=O) groups excluding carboxylic acids is 1. The third-order valence-corrected chi connectivity index (χ3v) is 3.06. The first kappa shape index (κ1) is 11.7. The molecule has 3 unspecified atom stereocenters. The van der Waals surface area contributed by atoms with Crippen molar-refractivity contribution in [2.45, 2.75) is 51.0 Å². The van der Waals surface area contributed by atoms with Gasteiger partial charge < -0.3 is 20.1 Å². The van der Waals surface area contributed by atoms with Gasteiger partial charge in [0.2, 0.25) is 0 Å². The van der Waals surface area contributed by atoms with Crippen LogP contribution in [0.5, 0.6) is 0 Å². The summed E-state index contributed by atoms with van der Waals surface area (Å²) in [6.45, 7) is 6.77. The van der Waals surface area contributed by atoms with Crippen molar-refractivity contribution >= 4 is 6.09 Å². The van der Waals surface area contributed by atoms with Gasteiger partial charge >= 0.3 is 6.09 Å². The van der Waals surface area contributed by atoms with Crippen LogP contribution in [-0.2, 0) is 4.74 Å². The van der Waals surface area contributed by atoms with E-state index in [1.165, 1.54) is 0 Å². The van der Waals surface area contributed by atoms with E-state index in [0.29, 0.717) is 6.54 Å². The van der Waals surface area contributed by atoms with Gasteiger partial charge in [-0.2, -0.15) is 0 Å².